The maximum Gasteiger partial charge on any atom is 0.263 e. The number of nitrogens with zero attached hydrogens (tertiary/aromatic N) is 2. The van der Waals surface area contributed by atoms with Crippen molar-refractivity contribution < 1.29 is 8.42 Å². The van der Waals surface area contributed by atoms with Crippen molar-refractivity contribution in [1.82, 2.24) is 10.2 Å². The Kier molecular flexibility index (Phi) is 3.40. The van der Waals surface area contributed by atoms with E-state index in [4.69, 9.17) is 5.84 Å². The number of hydrogen-bond acceptors (Lipinski definition) is 6. The van der Waals surface area contributed by atoms with Gasteiger partial charge in [0.05, 0.1) is 4.90 Å². The summed E-state index contributed by atoms with van der Waals surface area (Å²) < 4.78 is 26.3. The third-order valence-electron chi connectivity index (χ3n) is 2.14. The summed E-state index contributed by atoms with van der Waals surface area (Å²) in [6.45, 7) is 0. The second-order valence-electron chi connectivity index (χ2n) is 3.38. The fraction of sp³-hybridized carbons (Fsp3) is 0. The highest BCUT2D eigenvalue weighted by Gasteiger charge is 2.14. The molecule has 4 N–H and O–H groups in total. The SMILES string of the molecule is NNc1ccc(S(=O)(=O)Nc2cccnn2)cc1. The van der Waals surface area contributed by atoms with Gasteiger partial charge in [0.2, 0.25) is 0 Å². The van der Waals surface area contributed by atoms with Gasteiger partial charge in [0, 0.05) is 11.9 Å². The average molecular weight is 265 g/mol. The van der Waals surface area contributed by atoms with E-state index in [1.54, 1.807) is 18.2 Å². The number of benzene rings is 1. The van der Waals surface area contributed by atoms with Gasteiger partial charge in [-0.15, -0.1) is 5.10 Å². The van der Waals surface area contributed by atoms with Crippen molar-refractivity contribution in [3.05, 3.63) is 42.6 Å². The lowest BCUT2D eigenvalue weighted by molar-refractivity contribution is 0.601. The maximum absolute atomic E-state index is 12.0. The fourth-order valence-electron chi connectivity index (χ4n) is 1.28. The van der Waals surface area contributed by atoms with Crippen molar-refractivity contribution in [3.8, 4) is 0 Å². The van der Waals surface area contributed by atoms with E-state index in [-0.39, 0.29) is 10.7 Å². The van der Waals surface area contributed by atoms with E-state index in [1.807, 2.05) is 0 Å². The Labute approximate surface area is 104 Å². The molecule has 2 aromatic rings. The number of hydrogen-bond donors (Lipinski definition) is 3. The molecule has 18 heavy (non-hydrogen) atoms. The van der Waals surface area contributed by atoms with Crippen molar-refractivity contribution >= 4 is 21.5 Å². The summed E-state index contributed by atoms with van der Waals surface area (Å²) in [5.74, 6) is 5.36. The van der Waals surface area contributed by atoms with Crippen LogP contribution in [0.4, 0.5) is 11.5 Å². The first-order valence-corrected chi connectivity index (χ1v) is 6.47. The van der Waals surface area contributed by atoms with E-state index in [0.29, 0.717) is 5.69 Å². The molecular formula is C10H11N5O2S. The monoisotopic (exact) mass is 265 g/mol. The van der Waals surface area contributed by atoms with Gasteiger partial charge in [0.25, 0.3) is 10.0 Å². The topological polar surface area (TPSA) is 110 Å². The molecule has 0 radical (unpaired) electrons. The lowest BCUT2D eigenvalue weighted by atomic mass is 10.3. The van der Waals surface area contributed by atoms with Crippen LogP contribution in [0.15, 0.2) is 47.5 Å². The van der Waals surface area contributed by atoms with Crippen LogP contribution in [0, 0.1) is 0 Å². The van der Waals surface area contributed by atoms with E-state index in [1.165, 1.54) is 24.4 Å². The predicted molar refractivity (Wildman–Crippen MR) is 67.1 cm³/mol. The van der Waals surface area contributed by atoms with E-state index in [0.717, 1.165) is 0 Å². The normalized spacial score (nSPS) is 10.9. The van der Waals surface area contributed by atoms with Crippen molar-refractivity contribution in [1.29, 1.82) is 0 Å². The quantitative estimate of drug-likeness (QED) is 0.550. The first-order valence-electron chi connectivity index (χ1n) is 4.99. The van der Waals surface area contributed by atoms with Gasteiger partial charge in [-0.05, 0) is 36.4 Å². The lowest BCUT2D eigenvalue weighted by Crippen LogP contribution is -2.14. The molecule has 1 heterocycles. The van der Waals surface area contributed by atoms with E-state index in [9.17, 15) is 8.42 Å². The van der Waals surface area contributed by atoms with Crippen molar-refractivity contribution in [2.24, 2.45) is 5.84 Å². The third-order valence-corrected chi connectivity index (χ3v) is 3.51. The number of sulfonamides is 1. The minimum Gasteiger partial charge on any atom is -0.324 e. The lowest BCUT2D eigenvalue weighted by Gasteiger charge is -2.07. The van der Waals surface area contributed by atoms with Gasteiger partial charge in [-0.2, -0.15) is 5.10 Å². The fourth-order valence-corrected chi connectivity index (χ4v) is 2.28. The molecule has 2 rings (SSSR count). The second kappa shape index (κ2) is 4.98. The number of nitrogen functional groups attached to an aromatic ring is 1. The Morgan fingerprint density at radius 2 is 1.83 bits per heavy atom. The van der Waals surface area contributed by atoms with Crippen LogP contribution < -0.4 is 16.0 Å². The molecule has 0 aliphatic carbocycles. The molecule has 0 aliphatic heterocycles. The Morgan fingerprint density at radius 1 is 1.11 bits per heavy atom. The molecule has 1 aromatic heterocycles. The van der Waals surface area contributed by atoms with Crippen molar-refractivity contribution in [2.45, 2.75) is 4.90 Å². The van der Waals surface area contributed by atoms with Crippen LogP contribution in [-0.4, -0.2) is 18.6 Å². The highest BCUT2D eigenvalue weighted by molar-refractivity contribution is 7.92. The average Bonchev–Trinajstić information content (AvgIpc) is 2.39. The molecule has 0 atom stereocenters. The van der Waals surface area contributed by atoms with Gasteiger partial charge >= 0.3 is 0 Å². The van der Waals surface area contributed by atoms with E-state index in [2.05, 4.69) is 20.3 Å². The minimum atomic E-state index is -3.66. The summed E-state index contributed by atoms with van der Waals surface area (Å²) in [4.78, 5) is 0.118. The van der Waals surface area contributed by atoms with Crippen LogP contribution >= 0.6 is 0 Å². The molecule has 1 aromatic carbocycles. The zero-order valence-corrected chi connectivity index (χ0v) is 10.1. The molecule has 0 amide bonds. The number of aromatic nitrogens is 2. The number of hydrazine groups is 1. The molecule has 0 aliphatic rings. The highest BCUT2D eigenvalue weighted by atomic mass is 32.2. The second-order valence-corrected chi connectivity index (χ2v) is 5.07. The molecule has 7 nitrogen and oxygen atoms in total. The Balaban J connectivity index is 2.25. The van der Waals surface area contributed by atoms with Gasteiger partial charge < -0.3 is 5.43 Å². The van der Waals surface area contributed by atoms with Gasteiger partial charge in [-0.1, -0.05) is 0 Å². The number of nitrogens with one attached hydrogen (secondary N) is 2. The molecule has 0 fully saturated rings. The maximum atomic E-state index is 12.0. The molecule has 0 saturated carbocycles. The van der Waals surface area contributed by atoms with Crippen LogP contribution in [0.25, 0.3) is 0 Å². The van der Waals surface area contributed by atoms with E-state index < -0.39 is 10.0 Å². The molecular weight excluding hydrogens is 254 g/mol. The summed E-state index contributed by atoms with van der Waals surface area (Å²) in [6, 6.07) is 9.10. The third kappa shape index (κ3) is 2.73. The first kappa shape index (κ1) is 12.3. The molecule has 94 valence electrons. The zero-order valence-electron chi connectivity index (χ0n) is 9.24. The standard InChI is InChI=1S/C10H11N5O2S/c11-13-8-3-5-9(6-4-8)18(16,17)15-10-2-1-7-12-14-10/h1-7,13H,11H2,(H,14,15). The summed E-state index contributed by atoms with van der Waals surface area (Å²) in [6.07, 6.45) is 1.46. The Morgan fingerprint density at radius 3 is 2.39 bits per heavy atom. The van der Waals surface area contributed by atoms with Gasteiger partial charge in [-0.3, -0.25) is 10.6 Å². The van der Waals surface area contributed by atoms with Gasteiger partial charge in [-0.25, -0.2) is 8.42 Å². The Bertz CT molecular complexity index is 612. The number of nitrogens with two attached hydrogens (primary N) is 1. The molecule has 0 bridgehead atoms. The van der Waals surface area contributed by atoms with Crippen LogP contribution in [0.5, 0.6) is 0 Å². The number of rotatable bonds is 4. The van der Waals surface area contributed by atoms with Crippen LogP contribution in [0.3, 0.4) is 0 Å². The Hall–Kier alpha value is -2.19. The largest absolute Gasteiger partial charge is 0.324 e. The summed E-state index contributed by atoms with van der Waals surface area (Å²) >= 11 is 0. The molecule has 0 unspecified atom stereocenters. The van der Waals surface area contributed by atoms with Crippen molar-refractivity contribution in [2.75, 3.05) is 10.1 Å². The highest BCUT2D eigenvalue weighted by Crippen LogP contribution is 2.15. The summed E-state index contributed by atoms with van der Waals surface area (Å²) in [7, 11) is -3.66. The summed E-state index contributed by atoms with van der Waals surface area (Å²) in [5.41, 5.74) is 3.04. The molecule has 0 saturated heterocycles. The van der Waals surface area contributed by atoms with Gasteiger partial charge in [0.15, 0.2) is 5.82 Å². The van der Waals surface area contributed by atoms with E-state index >= 15 is 0 Å². The molecule has 8 heteroatoms. The molecule has 0 spiro atoms. The minimum absolute atomic E-state index is 0.118. The predicted octanol–water partition coefficient (Wildman–Crippen LogP) is 0.563. The smallest absolute Gasteiger partial charge is 0.263 e. The van der Waals surface area contributed by atoms with Crippen LogP contribution in [0.2, 0.25) is 0 Å². The summed E-state index contributed by atoms with van der Waals surface area (Å²) in [5, 5.41) is 7.24. The van der Waals surface area contributed by atoms with Crippen LogP contribution in [0.1, 0.15) is 0 Å². The zero-order chi connectivity index (χ0) is 13.0. The number of anilines is 2. The first-order chi connectivity index (χ1) is 8.62. The van der Waals surface area contributed by atoms with Crippen LogP contribution in [-0.2, 0) is 10.0 Å². The van der Waals surface area contributed by atoms with Crippen molar-refractivity contribution in [3.63, 3.8) is 0 Å². The van der Waals surface area contributed by atoms with Gasteiger partial charge in [0.1, 0.15) is 0 Å².